The summed E-state index contributed by atoms with van der Waals surface area (Å²) in [4.78, 5) is 0. The molecule has 0 spiro atoms. The molecule has 0 aliphatic carbocycles. The molecule has 0 aromatic heterocycles. The summed E-state index contributed by atoms with van der Waals surface area (Å²) >= 11 is 1.88. The van der Waals surface area contributed by atoms with Crippen LogP contribution in [-0.4, -0.2) is 11.8 Å². The van der Waals surface area contributed by atoms with Crippen molar-refractivity contribution < 1.29 is 0 Å². The monoisotopic (exact) mass is 175 g/mol. The van der Waals surface area contributed by atoms with E-state index in [4.69, 9.17) is 0 Å². The Labute approximate surface area is 75.5 Å². The summed E-state index contributed by atoms with van der Waals surface area (Å²) in [7, 11) is 0. The fourth-order valence-corrected chi connectivity index (χ4v) is 1.70. The van der Waals surface area contributed by atoms with E-state index >= 15 is 0 Å². The smallest absolute Gasteiger partial charge is 0.0164 e. The molecule has 0 aliphatic rings. The third kappa shape index (κ3) is 8.21. The fraction of sp³-hybridized carbons (Fsp3) is 1.00. The van der Waals surface area contributed by atoms with Crippen LogP contribution in [0.3, 0.4) is 0 Å². The molecule has 0 amide bonds. The van der Waals surface area contributed by atoms with Gasteiger partial charge in [-0.3, -0.25) is 4.72 Å². The molecular formula is C9H21NS. The van der Waals surface area contributed by atoms with Crippen LogP contribution in [0.2, 0.25) is 0 Å². The second kappa shape index (κ2) is 8.41. The molecule has 0 rings (SSSR count). The summed E-state index contributed by atoms with van der Waals surface area (Å²) in [6.45, 7) is 7.76. The summed E-state index contributed by atoms with van der Waals surface area (Å²) < 4.78 is 3.29. The molecule has 2 heteroatoms. The van der Waals surface area contributed by atoms with E-state index in [2.05, 4.69) is 25.5 Å². The molecule has 1 nitrogen and oxygen atoms in total. The summed E-state index contributed by atoms with van der Waals surface area (Å²) in [6.07, 6.45) is 5.46. The van der Waals surface area contributed by atoms with Gasteiger partial charge in [-0.25, -0.2) is 0 Å². The number of hydrogen-bond acceptors (Lipinski definition) is 2. The zero-order valence-electron chi connectivity index (χ0n) is 8.02. The average molecular weight is 175 g/mol. The number of nitrogens with one attached hydrogen (secondary N) is 1. The maximum absolute atomic E-state index is 3.29. The lowest BCUT2D eigenvalue weighted by atomic mass is 10.2. The van der Waals surface area contributed by atoms with Gasteiger partial charge >= 0.3 is 0 Å². The molecule has 0 fully saturated rings. The topological polar surface area (TPSA) is 12.0 Å². The summed E-state index contributed by atoms with van der Waals surface area (Å²) in [5.41, 5.74) is 0. The van der Waals surface area contributed by atoms with Crippen molar-refractivity contribution in [1.29, 1.82) is 0 Å². The highest BCUT2D eigenvalue weighted by Gasteiger charge is 1.99. The predicted octanol–water partition coefficient (Wildman–Crippen LogP) is 3.21. The zero-order valence-corrected chi connectivity index (χ0v) is 8.84. The van der Waals surface area contributed by atoms with E-state index in [1.165, 1.54) is 25.7 Å². The van der Waals surface area contributed by atoms with E-state index in [9.17, 15) is 0 Å². The normalized spacial score (nSPS) is 13.4. The Bertz CT molecular complexity index is 76.0. The first-order chi connectivity index (χ1) is 5.31. The SMILES string of the molecule is CCCCCC(C)SNCC. The third-order valence-corrected chi connectivity index (χ3v) is 2.74. The van der Waals surface area contributed by atoms with Crippen molar-refractivity contribution >= 4 is 11.9 Å². The number of unbranched alkanes of at least 4 members (excludes halogenated alkanes) is 2. The lowest BCUT2D eigenvalue weighted by Gasteiger charge is -2.09. The van der Waals surface area contributed by atoms with Gasteiger partial charge in [0, 0.05) is 11.8 Å². The van der Waals surface area contributed by atoms with E-state index in [0.717, 1.165) is 11.8 Å². The summed E-state index contributed by atoms with van der Waals surface area (Å²) in [5, 5.41) is 0.779. The molecule has 1 unspecified atom stereocenters. The molecule has 1 N–H and O–H groups in total. The van der Waals surface area contributed by atoms with E-state index in [-0.39, 0.29) is 0 Å². The van der Waals surface area contributed by atoms with Crippen LogP contribution in [0.1, 0.15) is 46.5 Å². The third-order valence-electron chi connectivity index (χ3n) is 1.64. The van der Waals surface area contributed by atoms with Crippen molar-refractivity contribution in [3.8, 4) is 0 Å². The Kier molecular flexibility index (Phi) is 8.64. The van der Waals surface area contributed by atoms with E-state index in [0.29, 0.717) is 0 Å². The second-order valence-corrected chi connectivity index (χ2v) is 4.25. The molecule has 0 aromatic rings. The highest BCUT2D eigenvalue weighted by atomic mass is 32.2. The van der Waals surface area contributed by atoms with Crippen molar-refractivity contribution in [3.63, 3.8) is 0 Å². The van der Waals surface area contributed by atoms with Crippen LogP contribution in [0.4, 0.5) is 0 Å². The Morgan fingerprint density at radius 3 is 2.55 bits per heavy atom. The highest BCUT2D eigenvalue weighted by molar-refractivity contribution is 7.98. The molecule has 68 valence electrons. The van der Waals surface area contributed by atoms with Gasteiger partial charge in [-0.15, -0.1) is 0 Å². The summed E-state index contributed by atoms with van der Waals surface area (Å²) in [6, 6.07) is 0. The van der Waals surface area contributed by atoms with Crippen LogP contribution in [0, 0.1) is 0 Å². The van der Waals surface area contributed by atoms with Crippen molar-refractivity contribution in [1.82, 2.24) is 4.72 Å². The van der Waals surface area contributed by atoms with Crippen LogP contribution >= 0.6 is 11.9 Å². The first-order valence-corrected chi connectivity index (χ1v) is 5.57. The van der Waals surface area contributed by atoms with Crippen LogP contribution < -0.4 is 4.72 Å². The fourth-order valence-electron chi connectivity index (χ4n) is 0.966. The van der Waals surface area contributed by atoms with Gasteiger partial charge in [-0.2, -0.15) is 0 Å². The standard InChI is InChI=1S/C9H21NS/c1-4-6-7-8-9(3)11-10-5-2/h9-10H,4-8H2,1-3H3. The van der Waals surface area contributed by atoms with Gasteiger partial charge in [0.15, 0.2) is 0 Å². The largest absolute Gasteiger partial charge is 0.264 e. The molecule has 0 aromatic carbocycles. The minimum absolute atomic E-state index is 0.779. The molecule has 0 aliphatic heterocycles. The minimum atomic E-state index is 0.779. The maximum Gasteiger partial charge on any atom is 0.0164 e. The predicted molar refractivity (Wildman–Crippen MR) is 54.9 cm³/mol. The molecule has 0 saturated carbocycles. The van der Waals surface area contributed by atoms with Crippen molar-refractivity contribution in [2.75, 3.05) is 6.54 Å². The van der Waals surface area contributed by atoms with Crippen LogP contribution in [0.5, 0.6) is 0 Å². The zero-order chi connectivity index (χ0) is 8.53. The van der Waals surface area contributed by atoms with Gasteiger partial charge in [0.1, 0.15) is 0 Å². The summed E-state index contributed by atoms with van der Waals surface area (Å²) in [5.74, 6) is 0. The minimum Gasteiger partial charge on any atom is -0.264 e. The molecule has 0 heterocycles. The first kappa shape index (κ1) is 11.3. The molecule has 0 bridgehead atoms. The maximum atomic E-state index is 3.29. The van der Waals surface area contributed by atoms with Gasteiger partial charge in [-0.05, 0) is 6.42 Å². The van der Waals surface area contributed by atoms with Gasteiger partial charge < -0.3 is 0 Å². The van der Waals surface area contributed by atoms with E-state index in [1.54, 1.807) is 0 Å². The Hall–Kier alpha value is 0.310. The molecule has 0 radical (unpaired) electrons. The number of hydrogen-bond donors (Lipinski definition) is 1. The van der Waals surface area contributed by atoms with Gasteiger partial charge in [-0.1, -0.05) is 52.0 Å². The van der Waals surface area contributed by atoms with Gasteiger partial charge in [0.25, 0.3) is 0 Å². The van der Waals surface area contributed by atoms with Gasteiger partial charge in [0.2, 0.25) is 0 Å². The molecule has 11 heavy (non-hydrogen) atoms. The lowest BCUT2D eigenvalue weighted by Crippen LogP contribution is -2.08. The first-order valence-electron chi connectivity index (χ1n) is 4.69. The van der Waals surface area contributed by atoms with Crippen LogP contribution in [0.25, 0.3) is 0 Å². The second-order valence-electron chi connectivity index (χ2n) is 2.92. The van der Waals surface area contributed by atoms with Crippen molar-refractivity contribution in [2.24, 2.45) is 0 Å². The Morgan fingerprint density at radius 1 is 1.27 bits per heavy atom. The number of rotatable bonds is 7. The van der Waals surface area contributed by atoms with Crippen molar-refractivity contribution in [3.05, 3.63) is 0 Å². The van der Waals surface area contributed by atoms with Crippen LogP contribution in [0.15, 0.2) is 0 Å². The highest BCUT2D eigenvalue weighted by Crippen LogP contribution is 2.13. The van der Waals surface area contributed by atoms with Crippen molar-refractivity contribution in [2.45, 2.75) is 51.7 Å². The van der Waals surface area contributed by atoms with E-state index < -0.39 is 0 Å². The van der Waals surface area contributed by atoms with Crippen LogP contribution in [-0.2, 0) is 0 Å². The quantitative estimate of drug-likeness (QED) is 0.471. The average Bonchev–Trinajstić information content (AvgIpc) is 2.01. The lowest BCUT2D eigenvalue weighted by molar-refractivity contribution is 0.663. The molecule has 0 saturated heterocycles. The molecular weight excluding hydrogens is 154 g/mol. The Balaban J connectivity index is 3.02. The molecule has 1 atom stereocenters. The van der Waals surface area contributed by atoms with E-state index in [1.807, 2.05) is 11.9 Å². The Morgan fingerprint density at radius 2 is 2.00 bits per heavy atom. The van der Waals surface area contributed by atoms with Gasteiger partial charge in [0.05, 0.1) is 0 Å².